The molecule has 0 saturated heterocycles. The molecule has 5 rings (SSSR count). The SMILES string of the molecule is c1ccc2c(c1)OB1N2c2ccccc2-c2nccn21. The largest absolute Gasteiger partial charge is 0.629 e. The number of nitrogens with zero attached hydrogens (tertiary/aromatic N) is 3. The molecule has 0 bridgehead atoms. The van der Waals surface area contributed by atoms with E-state index >= 15 is 0 Å². The molecule has 1 aromatic heterocycles. The van der Waals surface area contributed by atoms with Crippen LogP contribution in [0.1, 0.15) is 0 Å². The van der Waals surface area contributed by atoms with E-state index in [9.17, 15) is 0 Å². The van der Waals surface area contributed by atoms with Crippen molar-refractivity contribution in [2.45, 2.75) is 0 Å². The first-order valence-electron chi connectivity index (χ1n) is 6.61. The minimum Gasteiger partial charge on any atom is -0.521 e. The van der Waals surface area contributed by atoms with E-state index in [-0.39, 0.29) is 7.19 Å². The molecule has 94 valence electrons. The number of rotatable bonds is 0. The summed E-state index contributed by atoms with van der Waals surface area (Å²) in [6, 6.07) is 16.4. The Labute approximate surface area is 116 Å². The van der Waals surface area contributed by atoms with E-state index in [4.69, 9.17) is 4.65 Å². The Morgan fingerprint density at radius 2 is 1.75 bits per heavy atom. The molecule has 5 heteroatoms. The van der Waals surface area contributed by atoms with Crippen molar-refractivity contribution in [1.82, 2.24) is 9.46 Å². The van der Waals surface area contributed by atoms with Gasteiger partial charge in [-0.3, -0.25) is 0 Å². The van der Waals surface area contributed by atoms with Gasteiger partial charge in [-0.1, -0.05) is 24.3 Å². The molecule has 4 nitrogen and oxygen atoms in total. The third-order valence-electron chi connectivity index (χ3n) is 3.89. The van der Waals surface area contributed by atoms with Gasteiger partial charge in [0.1, 0.15) is 11.6 Å². The summed E-state index contributed by atoms with van der Waals surface area (Å²) in [6.07, 6.45) is 3.79. The Kier molecular flexibility index (Phi) is 1.75. The molecular formula is C15H10BN3O. The second-order valence-corrected chi connectivity index (χ2v) is 4.96. The number of aromatic nitrogens is 2. The topological polar surface area (TPSA) is 30.3 Å². The van der Waals surface area contributed by atoms with Crippen LogP contribution in [0.2, 0.25) is 0 Å². The minimum atomic E-state index is -0.181. The summed E-state index contributed by atoms with van der Waals surface area (Å²) in [5.74, 6) is 1.86. The van der Waals surface area contributed by atoms with Crippen molar-refractivity contribution in [3.63, 3.8) is 0 Å². The quantitative estimate of drug-likeness (QED) is 0.581. The van der Waals surface area contributed by atoms with E-state index in [1.165, 1.54) is 0 Å². The van der Waals surface area contributed by atoms with Crippen LogP contribution < -0.4 is 9.47 Å². The molecule has 0 spiro atoms. The van der Waals surface area contributed by atoms with Crippen molar-refractivity contribution in [2.75, 3.05) is 4.81 Å². The maximum absolute atomic E-state index is 6.10. The molecule has 20 heavy (non-hydrogen) atoms. The number of imidazole rings is 1. The number of hydrogen-bond acceptors (Lipinski definition) is 3. The van der Waals surface area contributed by atoms with E-state index in [2.05, 4.69) is 38.5 Å². The van der Waals surface area contributed by atoms with Crippen molar-refractivity contribution in [3.05, 3.63) is 60.9 Å². The molecule has 0 unspecified atom stereocenters. The molecular weight excluding hydrogens is 249 g/mol. The summed E-state index contributed by atoms with van der Waals surface area (Å²) >= 11 is 0. The van der Waals surface area contributed by atoms with Crippen LogP contribution in [0.25, 0.3) is 11.4 Å². The van der Waals surface area contributed by atoms with Gasteiger partial charge in [-0.05, 0) is 24.3 Å². The molecule has 2 aromatic carbocycles. The molecule has 0 amide bonds. The van der Waals surface area contributed by atoms with Gasteiger partial charge in [0.25, 0.3) is 0 Å². The zero-order valence-electron chi connectivity index (χ0n) is 10.6. The lowest BCUT2D eigenvalue weighted by molar-refractivity contribution is 0.576. The minimum absolute atomic E-state index is 0.181. The Balaban J connectivity index is 1.85. The van der Waals surface area contributed by atoms with E-state index in [0.29, 0.717) is 0 Å². The lowest BCUT2D eigenvalue weighted by Crippen LogP contribution is -2.45. The van der Waals surface area contributed by atoms with Crippen molar-refractivity contribution in [3.8, 4) is 17.1 Å². The van der Waals surface area contributed by atoms with E-state index in [0.717, 1.165) is 28.5 Å². The average molecular weight is 259 g/mol. The highest BCUT2D eigenvalue weighted by Gasteiger charge is 2.45. The van der Waals surface area contributed by atoms with Crippen LogP contribution in [0.3, 0.4) is 0 Å². The first-order valence-corrected chi connectivity index (χ1v) is 6.61. The van der Waals surface area contributed by atoms with Crippen LogP contribution in [0, 0.1) is 0 Å². The van der Waals surface area contributed by atoms with E-state index in [1.54, 1.807) is 0 Å². The van der Waals surface area contributed by atoms with Crippen molar-refractivity contribution < 1.29 is 4.65 Å². The Hall–Kier alpha value is -2.69. The Morgan fingerprint density at radius 3 is 2.70 bits per heavy atom. The predicted molar refractivity (Wildman–Crippen MR) is 78.0 cm³/mol. The second kappa shape index (κ2) is 3.45. The third-order valence-corrected chi connectivity index (χ3v) is 3.89. The number of hydrogen-bond donors (Lipinski definition) is 0. The maximum Gasteiger partial charge on any atom is 0.629 e. The van der Waals surface area contributed by atoms with Gasteiger partial charge in [-0.25, -0.2) is 4.98 Å². The first kappa shape index (κ1) is 10.1. The average Bonchev–Trinajstić information content (AvgIpc) is 3.12. The first-order chi connectivity index (χ1) is 9.93. The number of fused-ring (bicyclic) bond motifs is 8. The highest BCUT2D eigenvalue weighted by molar-refractivity contribution is 6.61. The van der Waals surface area contributed by atoms with Crippen molar-refractivity contribution in [1.29, 1.82) is 0 Å². The molecule has 2 aliphatic rings. The van der Waals surface area contributed by atoms with Crippen LogP contribution >= 0.6 is 0 Å². The van der Waals surface area contributed by atoms with Gasteiger partial charge in [-0.2, -0.15) is 0 Å². The van der Waals surface area contributed by atoms with Crippen molar-refractivity contribution >= 4 is 18.6 Å². The maximum atomic E-state index is 6.10. The van der Waals surface area contributed by atoms with Crippen LogP contribution in [-0.4, -0.2) is 16.6 Å². The second-order valence-electron chi connectivity index (χ2n) is 4.96. The van der Waals surface area contributed by atoms with E-state index in [1.807, 2.05) is 36.7 Å². The fourth-order valence-corrected chi connectivity index (χ4v) is 3.04. The Morgan fingerprint density at radius 1 is 0.950 bits per heavy atom. The van der Waals surface area contributed by atoms with Crippen LogP contribution in [0.4, 0.5) is 11.4 Å². The van der Waals surface area contributed by atoms with Gasteiger partial charge in [-0.15, -0.1) is 0 Å². The summed E-state index contributed by atoms with van der Waals surface area (Å²) in [4.78, 5) is 6.70. The van der Waals surface area contributed by atoms with Gasteiger partial charge in [0.15, 0.2) is 0 Å². The fraction of sp³-hybridized carbons (Fsp3) is 0. The number of para-hydroxylation sites is 3. The summed E-state index contributed by atoms with van der Waals surface area (Å²) in [6.45, 7) is 0. The van der Waals surface area contributed by atoms with E-state index < -0.39 is 0 Å². The molecule has 0 N–H and O–H groups in total. The number of anilines is 2. The predicted octanol–water partition coefficient (Wildman–Crippen LogP) is 2.93. The molecule has 0 fully saturated rings. The smallest absolute Gasteiger partial charge is 0.521 e. The van der Waals surface area contributed by atoms with Crippen LogP contribution in [0.5, 0.6) is 5.75 Å². The summed E-state index contributed by atoms with van der Waals surface area (Å²) in [7, 11) is -0.181. The molecule has 0 saturated carbocycles. The van der Waals surface area contributed by atoms with Crippen LogP contribution in [-0.2, 0) is 0 Å². The van der Waals surface area contributed by atoms with Gasteiger partial charge in [0.05, 0.1) is 5.69 Å². The highest BCUT2D eigenvalue weighted by Crippen LogP contribution is 2.46. The molecule has 3 heterocycles. The lowest BCUT2D eigenvalue weighted by atomic mass is 9.90. The highest BCUT2D eigenvalue weighted by atomic mass is 16.5. The van der Waals surface area contributed by atoms with Gasteiger partial charge < -0.3 is 13.9 Å². The molecule has 3 aromatic rings. The van der Waals surface area contributed by atoms with Gasteiger partial charge in [0, 0.05) is 23.6 Å². The number of benzene rings is 2. The van der Waals surface area contributed by atoms with Crippen LogP contribution in [0.15, 0.2) is 60.9 Å². The summed E-state index contributed by atoms with van der Waals surface area (Å²) in [5.41, 5.74) is 3.37. The van der Waals surface area contributed by atoms with Gasteiger partial charge >= 0.3 is 7.19 Å². The molecule has 2 aliphatic heterocycles. The lowest BCUT2D eigenvalue weighted by Gasteiger charge is -2.29. The van der Waals surface area contributed by atoms with Gasteiger partial charge in [0.2, 0.25) is 0 Å². The normalized spacial score (nSPS) is 14.2. The fourth-order valence-electron chi connectivity index (χ4n) is 3.04. The summed E-state index contributed by atoms with van der Waals surface area (Å²) < 4.78 is 8.17. The third kappa shape index (κ3) is 1.10. The zero-order valence-corrected chi connectivity index (χ0v) is 10.6. The summed E-state index contributed by atoms with van der Waals surface area (Å²) in [5, 5.41) is 0. The molecule has 0 radical (unpaired) electrons. The zero-order chi connectivity index (χ0) is 13.1. The Bertz CT molecular complexity index is 829. The van der Waals surface area contributed by atoms with Crippen molar-refractivity contribution in [2.24, 2.45) is 0 Å². The standard InChI is InChI=1S/C15H10BN3O/c1-2-6-12-11(5-1)15-17-9-10-18(15)16-19(12)13-7-3-4-8-14(13)20-16/h1-10H. The molecule has 0 aliphatic carbocycles. The molecule has 0 atom stereocenters. The monoisotopic (exact) mass is 259 g/mol.